The molecule has 0 aromatic carbocycles. The molecule has 5 fully saturated rings. The Morgan fingerprint density at radius 3 is 2.35 bits per heavy atom. The first-order valence-electron chi connectivity index (χ1n) is 8.53. The molecule has 5 saturated carbocycles. The Morgan fingerprint density at radius 1 is 1.10 bits per heavy atom. The summed E-state index contributed by atoms with van der Waals surface area (Å²) in [6, 6.07) is 0.481. The normalized spacial score (nSPS) is 46.9. The van der Waals surface area contributed by atoms with Gasteiger partial charge in [0, 0.05) is 16.8 Å². The molecule has 5 aliphatic rings. The van der Waals surface area contributed by atoms with Crippen LogP contribution in [0.2, 0.25) is 0 Å². The molecule has 0 aromatic rings. The van der Waals surface area contributed by atoms with E-state index in [-0.39, 0.29) is 0 Å². The van der Waals surface area contributed by atoms with Gasteiger partial charge in [-0.15, -0.1) is 0 Å². The van der Waals surface area contributed by atoms with Crippen LogP contribution in [0.1, 0.15) is 70.6 Å². The second-order valence-electron chi connectivity index (χ2n) is 8.34. The van der Waals surface area contributed by atoms with Crippen molar-refractivity contribution in [3.05, 3.63) is 0 Å². The lowest BCUT2D eigenvalue weighted by Gasteiger charge is -2.60. The highest BCUT2D eigenvalue weighted by molar-refractivity contribution is 9.10. The van der Waals surface area contributed by atoms with Crippen molar-refractivity contribution in [1.82, 2.24) is 5.32 Å². The minimum atomic E-state index is 0.330. The molecule has 0 heterocycles. The minimum absolute atomic E-state index is 0.330. The SMILES string of the molecule is O=C(CC12C[C@H]3C[C@@H](CC(Br)(C3)C1)C2)NC1CCCC1. The van der Waals surface area contributed by atoms with Gasteiger partial charge >= 0.3 is 0 Å². The van der Waals surface area contributed by atoms with Crippen LogP contribution in [0.4, 0.5) is 0 Å². The molecule has 0 saturated heterocycles. The zero-order valence-electron chi connectivity index (χ0n) is 12.3. The van der Waals surface area contributed by atoms with Gasteiger partial charge in [0.1, 0.15) is 0 Å². The first-order valence-corrected chi connectivity index (χ1v) is 9.32. The summed E-state index contributed by atoms with van der Waals surface area (Å²) in [6.07, 6.45) is 13.8. The van der Waals surface area contributed by atoms with Crippen LogP contribution in [-0.4, -0.2) is 16.3 Å². The van der Waals surface area contributed by atoms with E-state index in [0.29, 0.717) is 21.7 Å². The largest absolute Gasteiger partial charge is 0.353 e. The molecule has 0 spiro atoms. The summed E-state index contributed by atoms with van der Waals surface area (Å²) in [4.78, 5) is 12.5. The Balaban J connectivity index is 1.43. The summed E-state index contributed by atoms with van der Waals surface area (Å²) >= 11 is 4.04. The molecule has 0 radical (unpaired) electrons. The van der Waals surface area contributed by atoms with Gasteiger partial charge < -0.3 is 5.32 Å². The molecule has 5 rings (SSSR count). The van der Waals surface area contributed by atoms with Gasteiger partial charge in [-0.1, -0.05) is 28.8 Å². The molecule has 1 N–H and O–H groups in total. The number of nitrogens with one attached hydrogen (secondary N) is 1. The van der Waals surface area contributed by atoms with Gasteiger partial charge in [0.25, 0.3) is 0 Å². The third kappa shape index (κ3) is 2.44. The van der Waals surface area contributed by atoms with E-state index in [2.05, 4.69) is 21.2 Å². The van der Waals surface area contributed by atoms with E-state index in [1.807, 2.05) is 0 Å². The van der Waals surface area contributed by atoms with Crippen molar-refractivity contribution in [2.24, 2.45) is 17.3 Å². The maximum Gasteiger partial charge on any atom is 0.220 e. The molecule has 20 heavy (non-hydrogen) atoms. The van der Waals surface area contributed by atoms with Crippen LogP contribution in [0.25, 0.3) is 0 Å². The van der Waals surface area contributed by atoms with Gasteiger partial charge in [-0.3, -0.25) is 4.79 Å². The third-order valence-corrected chi connectivity index (χ3v) is 7.29. The Kier molecular flexibility index (Phi) is 3.21. The molecule has 0 aliphatic heterocycles. The third-order valence-electron chi connectivity index (χ3n) is 6.37. The summed E-state index contributed by atoms with van der Waals surface area (Å²) in [5.41, 5.74) is 0.330. The molecule has 0 unspecified atom stereocenters. The number of hydrogen-bond acceptors (Lipinski definition) is 1. The second-order valence-corrected chi connectivity index (χ2v) is 10.0. The van der Waals surface area contributed by atoms with Gasteiger partial charge in [0.2, 0.25) is 5.91 Å². The van der Waals surface area contributed by atoms with Crippen LogP contribution in [-0.2, 0) is 4.79 Å². The lowest BCUT2D eigenvalue weighted by atomic mass is 9.48. The Labute approximate surface area is 130 Å². The van der Waals surface area contributed by atoms with Crippen molar-refractivity contribution in [2.45, 2.75) is 81.0 Å². The molecule has 2 atom stereocenters. The quantitative estimate of drug-likeness (QED) is 0.768. The fourth-order valence-corrected chi connectivity index (χ4v) is 7.74. The van der Waals surface area contributed by atoms with E-state index in [1.165, 1.54) is 64.2 Å². The molecule has 5 aliphatic carbocycles. The zero-order valence-corrected chi connectivity index (χ0v) is 13.9. The number of rotatable bonds is 3. The fourth-order valence-electron chi connectivity index (χ4n) is 6.23. The lowest BCUT2D eigenvalue weighted by molar-refractivity contribution is -0.128. The highest BCUT2D eigenvalue weighted by atomic mass is 79.9. The van der Waals surface area contributed by atoms with Crippen LogP contribution in [0.5, 0.6) is 0 Å². The van der Waals surface area contributed by atoms with Gasteiger partial charge in [-0.25, -0.2) is 0 Å². The predicted octanol–water partition coefficient (Wildman–Crippen LogP) is 4.17. The number of carbonyl (C=O) groups is 1. The Bertz CT molecular complexity index is 401. The van der Waals surface area contributed by atoms with E-state index >= 15 is 0 Å². The van der Waals surface area contributed by atoms with Gasteiger partial charge in [-0.05, 0) is 68.6 Å². The number of amides is 1. The monoisotopic (exact) mass is 339 g/mol. The summed E-state index contributed by atoms with van der Waals surface area (Å²) in [7, 11) is 0. The summed E-state index contributed by atoms with van der Waals surface area (Å²) < 4.78 is 0.380. The number of carbonyl (C=O) groups excluding carboxylic acids is 1. The minimum Gasteiger partial charge on any atom is -0.353 e. The van der Waals surface area contributed by atoms with Crippen LogP contribution in [0, 0.1) is 17.3 Å². The van der Waals surface area contributed by atoms with Crippen molar-refractivity contribution in [1.29, 1.82) is 0 Å². The van der Waals surface area contributed by atoms with Crippen LogP contribution < -0.4 is 5.32 Å². The topological polar surface area (TPSA) is 29.1 Å². The van der Waals surface area contributed by atoms with E-state index in [9.17, 15) is 4.79 Å². The van der Waals surface area contributed by atoms with Crippen molar-refractivity contribution < 1.29 is 4.79 Å². The second kappa shape index (κ2) is 4.72. The first kappa shape index (κ1) is 13.6. The molecule has 2 nitrogen and oxygen atoms in total. The van der Waals surface area contributed by atoms with Gasteiger partial charge in [-0.2, -0.15) is 0 Å². The zero-order chi connectivity index (χ0) is 13.8. The van der Waals surface area contributed by atoms with Crippen molar-refractivity contribution >= 4 is 21.8 Å². The fraction of sp³-hybridized carbons (Fsp3) is 0.941. The summed E-state index contributed by atoms with van der Waals surface area (Å²) in [5.74, 6) is 2.11. The Morgan fingerprint density at radius 2 is 1.75 bits per heavy atom. The van der Waals surface area contributed by atoms with Gasteiger partial charge in [0.05, 0.1) is 0 Å². The molecule has 0 aromatic heterocycles. The summed E-state index contributed by atoms with van der Waals surface area (Å²) in [6.45, 7) is 0. The van der Waals surface area contributed by atoms with Crippen molar-refractivity contribution in [2.75, 3.05) is 0 Å². The van der Waals surface area contributed by atoms with Crippen LogP contribution >= 0.6 is 15.9 Å². The van der Waals surface area contributed by atoms with Crippen molar-refractivity contribution in [3.8, 4) is 0 Å². The van der Waals surface area contributed by atoms with Gasteiger partial charge in [0.15, 0.2) is 0 Å². The van der Waals surface area contributed by atoms with Crippen LogP contribution in [0.3, 0.4) is 0 Å². The lowest BCUT2D eigenvalue weighted by Crippen LogP contribution is -2.54. The Hall–Kier alpha value is -0.0500. The average molecular weight is 340 g/mol. The molecule has 3 heteroatoms. The average Bonchev–Trinajstić information content (AvgIpc) is 2.76. The maximum absolute atomic E-state index is 12.5. The predicted molar refractivity (Wildman–Crippen MR) is 83.8 cm³/mol. The van der Waals surface area contributed by atoms with Crippen LogP contribution in [0.15, 0.2) is 0 Å². The van der Waals surface area contributed by atoms with Crippen molar-refractivity contribution in [3.63, 3.8) is 0 Å². The van der Waals surface area contributed by atoms with E-state index in [1.54, 1.807) is 0 Å². The molecular weight excluding hydrogens is 314 g/mol. The van der Waals surface area contributed by atoms with E-state index in [4.69, 9.17) is 0 Å². The molecule has 4 bridgehead atoms. The van der Waals surface area contributed by atoms with E-state index < -0.39 is 0 Å². The standard InChI is InChI=1S/C17H26BrNO/c18-17-8-12-5-13(9-17)7-16(6-12,11-17)10-15(20)19-14-3-1-2-4-14/h12-14H,1-11H2,(H,19,20)/t12-,13-,16?,17?/m1/s1. The molecule has 112 valence electrons. The number of alkyl halides is 1. The molecular formula is C17H26BrNO. The highest BCUT2D eigenvalue weighted by Gasteiger charge is 2.57. The van der Waals surface area contributed by atoms with E-state index in [0.717, 1.165) is 18.3 Å². The number of halogens is 1. The summed E-state index contributed by atoms with van der Waals surface area (Å²) in [5, 5.41) is 3.31. The maximum atomic E-state index is 12.5. The molecule has 1 amide bonds. The smallest absolute Gasteiger partial charge is 0.220 e. The highest BCUT2D eigenvalue weighted by Crippen LogP contribution is 2.65. The number of hydrogen-bond donors (Lipinski definition) is 1. The first-order chi connectivity index (χ1) is 9.54.